The summed E-state index contributed by atoms with van der Waals surface area (Å²) >= 11 is 7.87. The summed E-state index contributed by atoms with van der Waals surface area (Å²) in [6, 6.07) is 0. The van der Waals surface area contributed by atoms with Gasteiger partial charge in [-0.05, 0) is 12.8 Å². The molecular formula is C8H14O4S2. The fourth-order valence-electron chi connectivity index (χ4n) is 0.882. The predicted molar refractivity (Wildman–Crippen MR) is 59.1 cm³/mol. The van der Waals surface area contributed by atoms with E-state index in [1.54, 1.807) is 0 Å². The number of aliphatic carboxylic acids is 1. The lowest BCUT2D eigenvalue weighted by Gasteiger charge is -2.09. The Balaban J connectivity index is 3.64. The van der Waals surface area contributed by atoms with Crippen LogP contribution < -0.4 is 0 Å². The summed E-state index contributed by atoms with van der Waals surface area (Å²) in [5.74, 6) is -1.33. The zero-order chi connectivity index (χ0) is 11.1. The van der Waals surface area contributed by atoms with Crippen LogP contribution in [-0.2, 0) is 14.3 Å². The largest absolute Gasteiger partial charge is 0.480 e. The van der Waals surface area contributed by atoms with Crippen LogP contribution in [0.5, 0.6) is 0 Å². The van der Waals surface area contributed by atoms with E-state index in [0.717, 1.165) is 0 Å². The van der Waals surface area contributed by atoms with E-state index in [1.165, 1.54) is 7.11 Å². The van der Waals surface area contributed by atoms with E-state index in [-0.39, 0.29) is 5.97 Å². The minimum Gasteiger partial charge on any atom is -0.480 e. The molecule has 0 bridgehead atoms. The molecule has 2 unspecified atom stereocenters. The lowest BCUT2D eigenvalue weighted by Crippen LogP contribution is -2.18. The second-order valence-corrected chi connectivity index (χ2v) is 4.07. The van der Waals surface area contributed by atoms with E-state index in [1.807, 2.05) is 0 Å². The summed E-state index contributed by atoms with van der Waals surface area (Å²) in [5.41, 5.74) is 0. The van der Waals surface area contributed by atoms with Gasteiger partial charge in [0.1, 0.15) is 0 Å². The molecule has 0 aliphatic carbocycles. The number of hydrogen-bond acceptors (Lipinski definition) is 5. The predicted octanol–water partition coefficient (Wildman–Crippen LogP) is 1.01. The number of thiol groups is 2. The van der Waals surface area contributed by atoms with Gasteiger partial charge in [-0.3, -0.25) is 9.59 Å². The number of carbonyl (C=O) groups excluding carboxylic acids is 1. The molecule has 6 heteroatoms. The number of methoxy groups -OCH3 is 1. The Morgan fingerprint density at radius 3 is 2.21 bits per heavy atom. The highest BCUT2D eigenvalue weighted by Gasteiger charge is 2.16. The number of hydrogen-bond donors (Lipinski definition) is 3. The summed E-state index contributed by atoms with van der Waals surface area (Å²) in [7, 11) is 1.30. The Kier molecular flexibility index (Phi) is 6.82. The van der Waals surface area contributed by atoms with Crippen molar-refractivity contribution >= 4 is 37.2 Å². The molecule has 0 saturated carbocycles. The van der Waals surface area contributed by atoms with Crippen LogP contribution in [-0.4, -0.2) is 34.7 Å². The zero-order valence-electron chi connectivity index (χ0n) is 7.84. The molecule has 1 N–H and O–H groups in total. The maximum absolute atomic E-state index is 10.9. The van der Waals surface area contributed by atoms with Gasteiger partial charge in [0.2, 0.25) is 0 Å². The maximum atomic E-state index is 10.9. The molecule has 0 saturated heterocycles. The van der Waals surface area contributed by atoms with E-state index in [4.69, 9.17) is 5.11 Å². The Morgan fingerprint density at radius 2 is 1.79 bits per heavy atom. The fourth-order valence-corrected chi connectivity index (χ4v) is 1.35. The normalized spacial score (nSPS) is 14.5. The number of carboxylic acids is 1. The van der Waals surface area contributed by atoms with Crippen LogP contribution in [0.2, 0.25) is 0 Å². The van der Waals surface area contributed by atoms with Gasteiger partial charge in [-0.15, -0.1) is 0 Å². The second-order valence-electron chi connectivity index (χ2n) is 2.82. The summed E-state index contributed by atoms with van der Waals surface area (Å²) in [5, 5.41) is 7.37. The third-order valence-corrected chi connectivity index (χ3v) is 2.66. The molecular weight excluding hydrogens is 224 g/mol. The average molecular weight is 238 g/mol. The van der Waals surface area contributed by atoms with E-state index in [0.29, 0.717) is 19.3 Å². The van der Waals surface area contributed by atoms with Gasteiger partial charge in [0.15, 0.2) is 0 Å². The minimum absolute atomic E-state index is 0.389. The maximum Gasteiger partial charge on any atom is 0.318 e. The summed E-state index contributed by atoms with van der Waals surface area (Å²) in [6.07, 6.45) is 1.51. The first-order valence-electron chi connectivity index (χ1n) is 4.15. The zero-order valence-corrected chi connectivity index (χ0v) is 9.63. The van der Waals surface area contributed by atoms with Gasteiger partial charge in [0.25, 0.3) is 0 Å². The summed E-state index contributed by atoms with van der Waals surface area (Å²) in [6.45, 7) is 0. The highest BCUT2D eigenvalue weighted by molar-refractivity contribution is 7.82. The van der Waals surface area contributed by atoms with Crippen LogP contribution in [0.1, 0.15) is 19.3 Å². The van der Waals surface area contributed by atoms with Crippen LogP contribution >= 0.6 is 25.3 Å². The minimum atomic E-state index is -0.942. The number of ether oxygens (including phenoxy) is 1. The molecule has 0 aromatic rings. The van der Waals surface area contributed by atoms with E-state index in [2.05, 4.69) is 30.0 Å². The van der Waals surface area contributed by atoms with Crippen molar-refractivity contribution < 1.29 is 19.4 Å². The van der Waals surface area contributed by atoms with Gasteiger partial charge in [0.05, 0.1) is 17.6 Å². The molecule has 0 amide bonds. The topological polar surface area (TPSA) is 63.6 Å². The van der Waals surface area contributed by atoms with Gasteiger partial charge in [-0.2, -0.15) is 25.3 Å². The standard InChI is InChI=1S/C8H14O4S2/c1-12-8(11)6(14)4-2-3-5(13)7(9)10/h5-6,13-14H,2-4H2,1H3,(H,9,10). The van der Waals surface area contributed by atoms with Gasteiger partial charge in [-0.25, -0.2) is 0 Å². The van der Waals surface area contributed by atoms with Crippen LogP contribution in [0.25, 0.3) is 0 Å². The van der Waals surface area contributed by atoms with Crippen LogP contribution in [0.15, 0.2) is 0 Å². The lowest BCUT2D eigenvalue weighted by atomic mass is 10.1. The molecule has 2 atom stereocenters. The van der Waals surface area contributed by atoms with Crippen molar-refractivity contribution in [3.63, 3.8) is 0 Å². The molecule has 0 aliphatic heterocycles. The van der Waals surface area contributed by atoms with E-state index >= 15 is 0 Å². The third-order valence-electron chi connectivity index (χ3n) is 1.71. The number of carbonyl (C=O) groups is 2. The molecule has 0 heterocycles. The molecule has 0 aliphatic rings. The van der Waals surface area contributed by atoms with E-state index < -0.39 is 16.5 Å². The van der Waals surface area contributed by atoms with Crippen molar-refractivity contribution in [3.8, 4) is 0 Å². The number of rotatable bonds is 6. The molecule has 0 fully saturated rings. The van der Waals surface area contributed by atoms with Crippen LogP contribution in [0.4, 0.5) is 0 Å². The van der Waals surface area contributed by atoms with Crippen molar-refractivity contribution in [1.82, 2.24) is 0 Å². The molecule has 0 radical (unpaired) electrons. The van der Waals surface area contributed by atoms with Gasteiger partial charge in [-0.1, -0.05) is 6.42 Å². The van der Waals surface area contributed by atoms with Gasteiger partial charge >= 0.3 is 11.9 Å². The lowest BCUT2D eigenvalue weighted by molar-refractivity contribution is -0.140. The van der Waals surface area contributed by atoms with Gasteiger partial charge < -0.3 is 9.84 Å². The number of esters is 1. The highest BCUT2D eigenvalue weighted by atomic mass is 32.1. The molecule has 0 aromatic heterocycles. The molecule has 4 nitrogen and oxygen atoms in total. The van der Waals surface area contributed by atoms with Crippen molar-refractivity contribution in [1.29, 1.82) is 0 Å². The monoisotopic (exact) mass is 238 g/mol. The van der Waals surface area contributed by atoms with Crippen molar-refractivity contribution in [2.75, 3.05) is 7.11 Å². The second kappa shape index (κ2) is 7.00. The first-order chi connectivity index (χ1) is 6.49. The van der Waals surface area contributed by atoms with E-state index in [9.17, 15) is 9.59 Å². The highest BCUT2D eigenvalue weighted by Crippen LogP contribution is 2.12. The van der Waals surface area contributed by atoms with Crippen LogP contribution in [0, 0.1) is 0 Å². The SMILES string of the molecule is COC(=O)C(S)CCCC(S)C(=O)O. The molecule has 14 heavy (non-hydrogen) atoms. The Labute approximate surface area is 93.8 Å². The van der Waals surface area contributed by atoms with Crippen molar-refractivity contribution in [3.05, 3.63) is 0 Å². The van der Waals surface area contributed by atoms with Crippen molar-refractivity contribution in [2.45, 2.75) is 29.8 Å². The Morgan fingerprint density at radius 1 is 1.29 bits per heavy atom. The first kappa shape index (κ1) is 13.6. The quantitative estimate of drug-likeness (QED) is 0.477. The third kappa shape index (κ3) is 5.39. The molecule has 0 rings (SSSR count). The molecule has 0 spiro atoms. The summed E-state index contributed by atoms with van der Waals surface area (Å²) < 4.78 is 4.47. The Bertz CT molecular complexity index is 208. The first-order valence-corrected chi connectivity index (χ1v) is 5.19. The summed E-state index contributed by atoms with van der Waals surface area (Å²) in [4.78, 5) is 21.3. The Hall–Kier alpha value is -0.360. The fraction of sp³-hybridized carbons (Fsp3) is 0.750. The molecule has 0 aromatic carbocycles. The van der Waals surface area contributed by atoms with Crippen molar-refractivity contribution in [2.24, 2.45) is 0 Å². The van der Waals surface area contributed by atoms with Gasteiger partial charge in [0, 0.05) is 0 Å². The molecule has 82 valence electrons. The van der Waals surface area contributed by atoms with Crippen LogP contribution in [0.3, 0.4) is 0 Å². The average Bonchev–Trinajstić information content (AvgIpc) is 2.15. The smallest absolute Gasteiger partial charge is 0.318 e. The number of carboxylic acid groups (broad SMARTS) is 1.